The van der Waals surface area contributed by atoms with Crippen molar-refractivity contribution >= 4 is 5.91 Å². The van der Waals surface area contributed by atoms with E-state index in [0.717, 1.165) is 16.9 Å². The second-order valence-corrected chi connectivity index (χ2v) is 4.95. The first-order valence-corrected chi connectivity index (χ1v) is 6.29. The number of rotatable bonds is 2. The molecule has 1 amide bonds. The van der Waals surface area contributed by atoms with Crippen LogP contribution in [0.25, 0.3) is 0 Å². The van der Waals surface area contributed by atoms with Crippen LogP contribution in [-0.4, -0.2) is 45.9 Å². The van der Waals surface area contributed by atoms with E-state index in [1.54, 1.807) is 4.90 Å². The van der Waals surface area contributed by atoms with Crippen LogP contribution in [0.3, 0.4) is 0 Å². The molecule has 1 aliphatic rings. The largest absolute Gasteiger partial charge is 0.435 e. The number of ether oxygens (including phenoxy) is 1. The van der Waals surface area contributed by atoms with Gasteiger partial charge in [0.1, 0.15) is 6.54 Å². The van der Waals surface area contributed by atoms with Gasteiger partial charge in [-0.1, -0.05) is 0 Å². The van der Waals surface area contributed by atoms with Crippen molar-refractivity contribution in [3.63, 3.8) is 0 Å². The number of carbonyl (C=O) groups excluding carboxylic acids is 1. The number of hydrogen-bond acceptors (Lipinski definition) is 3. The first kappa shape index (κ1) is 14.8. The second-order valence-electron chi connectivity index (χ2n) is 4.95. The Hall–Kier alpha value is -1.57. The van der Waals surface area contributed by atoms with Gasteiger partial charge < -0.3 is 9.64 Å². The molecule has 1 saturated heterocycles. The smallest absolute Gasteiger partial charge is 0.372 e. The summed E-state index contributed by atoms with van der Waals surface area (Å²) >= 11 is 0. The molecule has 1 aromatic heterocycles. The molecule has 0 saturated carbocycles. The third kappa shape index (κ3) is 3.50. The summed E-state index contributed by atoms with van der Waals surface area (Å²) in [6.07, 6.45) is -3.48. The zero-order valence-electron chi connectivity index (χ0n) is 11.2. The normalized spacial score (nSPS) is 23.9. The van der Waals surface area contributed by atoms with E-state index in [1.807, 2.05) is 13.8 Å². The van der Waals surface area contributed by atoms with Crippen molar-refractivity contribution in [3.8, 4) is 0 Å². The van der Waals surface area contributed by atoms with Crippen molar-refractivity contribution < 1.29 is 22.7 Å². The average Bonchev–Trinajstić information content (AvgIpc) is 2.75. The average molecular weight is 291 g/mol. The first-order chi connectivity index (χ1) is 9.25. The van der Waals surface area contributed by atoms with E-state index >= 15 is 0 Å². The molecule has 0 unspecified atom stereocenters. The number of halogens is 3. The summed E-state index contributed by atoms with van der Waals surface area (Å²) in [5.41, 5.74) is -0.992. The highest BCUT2D eigenvalue weighted by molar-refractivity contribution is 5.76. The third-order valence-electron chi connectivity index (χ3n) is 3.00. The summed E-state index contributed by atoms with van der Waals surface area (Å²) in [4.78, 5) is 13.6. The molecule has 2 rings (SSSR count). The summed E-state index contributed by atoms with van der Waals surface area (Å²) < 4.78 is 43.7. The van der Waals surface area contributed by atoms with E-state index in [9.17, 15) is 18.0 Å². The first-order valence-electron chi connectivity index (χ1n) is 6.29. The standard InChI is InChI=1S/C12H16F3N3O2/c1-8-5-17(6-9(2)20-8)11(19)7-18-4-3-10(16-18)12(13,14)15/h3-4,8-9H,5-7H2,1-2H3/t8-,9+. The Balaban J connectivity index is 1.99. The Bertz CT molecular complexity index is 477. The van der Waals surface area contributed by atoms with Gasteiger partial charge in [-0.05, 0) is 19.9 Å². The molecule has 0 aromatic carbocycles. The van der Waals surface area contributed by atoms with Crippen molar-refractivity contribution in [1.82, 2.24) is 14.7 Å². The van der Waals surface area contributed by atoms with Crippen LogP contribution in [0.2, 0.25) is 0 Å². The van der Waals surface area contributed by atoms with E-state index < -0.39 is 11.9 Å². The Kier molecular flexibility index (Phi) is 4.03. The molecule has 1 aliphatic heterocycles. The van der Waals surface area contributed by atoms with Gasteiger partial charge in [0.15, 0.2) is 5.69 Å². The van der Waals surface area contributed by atoms with Crippen LogP contribution in [0.1, 0.15) is 19.5 Å². The van der Waals surface area contributed by atoms with Crippen LogP contribution in [0, 0.1) is 0 Å². The lowest BCUT2D eigenvalue weighted by molar-refractivity contribution is -0.145. The molecule has 8 heteroatoms. The molecule has 5 nitrogen and oxygen atoms in total. The number of hydrogen-bond donors (Lipinski definition) is 0. The lowest BCUT2D eigenvalue weighted by Crippen LogP contribution is -2.49. The SMILES string of the molecule is C[C@@H]1CN(C(=O)Cn2ccc(C(F)(F)F)n2)C[C@H](C)O1. The highest BCUT2D eigenvalue weighted by Gasteiger charge is 2.34. The third-order valence-corrected chi connectivity index (χ3v) is 3.00. The van der Waals surface area contributed by atoms with Gasteiger partial charge in [-0.15, -0.1) is 0 Å². The maximum atomic E-state index is 12.4. The van der Waals surface area contributed by atoms with E-state index in [4.69, 9.17) is 4.74 Å². The van der Waals surface area contributed by atoms with Crippen molar-refractivity contribution in [2.24, 2.45) is 0 Å². The van der Waals surface area contributed by atoms with Crippen LogP contribution in [0.15, 0.2) is 12.3 Å². The van der Waals surface area contributed by atoms with Gasteiger partial charge in [0.2, 0.25) is 5.91 Å². The second kappa shape index (κ2) is 5.43. The van der Waals surface area contributed by atoms with Crippen LogP contribution in [0.5, 0.6) is 0 Å². The van der Waals surface area contributed by atoms with E-state index in [2.05, 4.69) is 5.10 Å². The molecular formula is C12H16F3N3O2. The molecule has 1 fully saturated rings. The topological polar surface area (TPSA) is 47.4 Å². The summed E-state index contributed by atoms with van der Waals surface area (Å²) in [6, 6.07) is 0.859. The molecule has 2 atom stereocenters. The summed E-state index contributed by atoms with van der Waals surface area (Å²) in [5.74, 6) is -0.260. The molecule has 2 heterocycles. The highest BCUT2D eigenvalue weighted by Crippen LogP contribution is 2.27. The van der Waals surface area contributed by atoms with Crippen molar-refractivity contribution in [2.75, 3.05) is 13.1 Å². The summed E-state index contributed by atoms with van der Waals surface area (Å²) in [6.45, 7) is 4.39. The minimum atomic E-state index is -4.49. The van der Waals surface area contributed by atoms with Gasteiger partial charge in [-0.25, -0.2) is 0 Å². The van der Waals surface area contributed by atoms with Crippen molar-refractivity contribution in [3.05, 3.63) is 18.0 Å². The Morgan fingerprint density at radius 1 is 1.40 bits per heavy atom. The van der Waals surface area contributed by atoms with Crippen LogP contribution in [-0.2, 0) is 22.3 Å². The number of alkyl halides is 3. The minimum absolute atomic E-state index is 0.0777. The molecule has 112 valence electrons. The molecule has 0 spiro atoms. The Morgan fingerprint density at radius 2 is 2.00 bits per heavy atom. The molecular weight excluding hydrogens is 275 g/mol. The van der Waals surface area contributed by atoms with Gasteiger partial charge >= 0.3 is 6.18 Å². The van der Waals surface area contributed by atoms with Gasteiger partial charge in [0.25, 0.3) is 0 Å². The van der Waals surface area contributed by atoms with Crippen LogP contribution < -0.4 is 0 Å². The van der Waals surface area contributed by atoms with Crippen molar-refractivity contribution in [2.45, 2.75) is 38.8 Å². The maximum Gasteiger partial charge on any atom is 0.435 e. The lowest BCUT2D eigenvalue weighted by Gasteiger charge is -2.35. The molecule has 0 bridgehead atoms. The number of aromatic nitrogens is 2. The van der Waals surface area contributed by atoms with Gasteiger partial charge in [-0.2, -0.15) is 18.3 Å². The molecule has 20 heavy (non-hydrogen) atoms. The predicted molar refractivity (Wildman–Crippen MR) is 63.8 cm³/mol. The lowest BCUT2D eigenvalue weighted by atomic mass is 10.2. The molecule has 0 N–H and O–H groups in total. The summed E-state index contributed by atoms with van der Waals surface area (Å²) in [5, 5.41) is 3.37. The van der Waals surface area contributed by atoms with Gasteiger partial charge in [0, 0.05) is 19.3 Å². The van der Waals surface area contributed by atoms with Gasteiger partial charge in [-0.3, -0.25) is 9.48 Å². The van der Waals surface area contributed by atoms with Gasteiger partial charge in [0.05, 0.1) is 12.2 Å². The fraction of sp³-hybridized carbons (Fsp3) is 0.667. The fourth-order valence-electron chi connectivity index (χ4n) is 2.22. The van der Waals surface area contributed by atoms with E-state index in [0.29, 0.717) is 13.1 Å². The molecule has 0 radical (unpaired) electrons. The zero-order valence-corrected chi connectivity index (χ0v) is 11.2. The van der Waals surface area contributed by atoms with Crippen molar-refractivity contribution in [1.29, 1.82) is 0 Å². The quantitative estimate of drug-likeness (QED) is 0.830. The van der Waals surface area contributed by atoms with E-state index in [-0.39, 0.29) is 24.7 Å². The molecule has 0 aliphatic carbocycles. The Morgan fingerprint density at radius 3 is 2.50 bits per heavy atom. The summed E-state index contributed by atoms with van der Waals surface area (Å²) in [7, 11) is 0. The number of nitrogens with zero attached hydrogens (tertiary/aromatic N) is 3. The highest BCUT2D eigenvalue weighted by atomic mass is 19.4. The zero-order chi connectivity index (χ0) is 14.9. The number of morpholine rings is 1. The predicted octanol–water partition coefficient (Wildman–Crippen LogP) is 1.54. The number of amides is 1. The van der Waals surface area contributed by atoms with Crippen LogP contribution >= 0.6 is 0 Å². The van der Waals surface area contributed by atoms with E-state index in [1.165, 1.54) is 0 Å². The maximum absolute atomic E-state index is 12.4. The molecule has 1 aromatic rings. The Labute approximate surface area is 114 Å². The minimum Gasteiger partial charge on any atom is -0.372 e. The number of carbonyl (C=O) groups is 1. The van der Waals surface area contributed by atoms with Crippen LogP contribution in [0.4, 0.5) is 13.2 Å². The fourth-order valence-corrected chi connectivity index (χ4v) is 2.22. The monoisotopic (exact) mass is 291 g/mol.